The zero-order valence-corrected chi connectivity index (χ0v) is 14.5. The van der Waals surface area contributed by atoms with Gasteiger partial charge in [0.05, 0.1) is 16.8 Å². The molecule has 1 fully saturated rings. The maximum atomic E-state index is 5.81. The fraction of sp³-hybridized carbons (Fsp3) is 0.389. The van der Waals surface area contributed by atoms with E-state index >= 15 is 0 Å². The number of thiophene rings is 1. The van der Waals surface area contributed by atoms with Gasteiger partial charge in [-0.1, -0.05) is 6.07 Å². The van der Waals surface area contributed by atoms with Crippen LogP contribution in [0.2, 0.25) is 0 Å². The number of aryl methyl sites for hydroxylation is 1. The van der Waals surface area contributed by atoms with Gasteiger partial charge in [0.1, 0.15) is 12.1 Å². The van der Waals surface area contributed by atoms with Gasteiger partial charge in [-0.25, -0.2) is 15.0 Å². The average molecular weight is 340 g/mol. The van der Waals surface area contributed by atoms with Gasteiger partial charge in [0.25, 0.3) is 0 Å². The van der Waals surface area contributed by atoms with E-state index in [9.17, 15) is 0 Å². The standard InChI is InChI=1S/C18H20N4OS/c1-13-11-24-17-16(13)20-12-21-18(17)22-8-5-14(6-9-22)10-23-15-4-2-3-7-19-15/h2-4,7,11-12,14H,5-6,8-10H2,1H3. The normalized spacial score (nSPS) is 15.8. The van der Waals surface area contributed by atoms with E-state index in [4.69, 9.17) is 4.74 Å². The minimum atomic E-state index is 0.575. The molecule has 1 aliphatic heterocycles. The summed E-state index contributed by atoms with van der Waals surface area (Å²) < 4.78 is 7.01. The Morgan fingerprint density at radius 1 is 1.21 bits per heavy atom. The lowest BCUT2D eigenvalue weighted by Crippen LogP contribution is -2.36. The number of pyridine rings is 1. The number of piperidine rings is 1. The number of anilines is 1. The Labute approximate surface area is 145 Å². The van der Waals surface area contributed by atoms with E-state index in [1.807, 2.05) is 18.2 Å². The molecule has 4 heterocycles. The minimum absolute atomic E-state index is 0.575. The number of nitrogens with zero attached hydrogens (tertiary/aromatic N) is 4. The Kier molecular flexibility index (Phi) is 4.30. The summed E-state index contributed by atoms with van der Waals surface area (Å²) in [5.41, 5.74) is 2.32. The van der Waals surface area contributed by atoms with Crippen LogP contribution in [-0.2, 0) is 0 Å². The van der Waals surface area contributed by atoms with Crippen LogP contribution >= 0.6 is 11.3 Å². The molecule has 4 rings (SSSR count). The largest absolute Gasteiger partial charge is 0.477 e. The first kappa shape index (κ1) is 15.3. The van der Waals surface area contributed by atoms with Crippen LogP contribution in [-0.4, -0.2) is 34.6 Å². The summed E-state index contributed by atoms with van der Waals surface area (Å²) in [6.07, 6.45) is 5.68. The fourth-order valence-corrected chi connectivity index (χ4v) is 4.15. The smallest absolute Gasteiger partial charge is 0.213 e. The number of rotatable bonds is 4. The quantitative estimate of drug-likeness (QED) is 0.725. The van der Waals surface area contributed by atoms with Gasteiger partial charge < -0.3 is 9.64 Å². The molecule has 0 spiro atoms. The summed E-state index contributed by atoms with van der Waals surface area (Å²) in [5.74, 6) is 2.37. The van der Waals surface area contributed by atoms with Crippen molar-refractivity contribution >= 4 is 27.4 Å². The predicted molar refractivity (Wildman–Crippen MR) is 96.8 cm³/mol. The molecule has 1 saturated heterocycles. The third-order valence-electron chi connectivity index (χ3n) is 4.53. The van der Waals surface area contributed by atoms with Gasteiger partial charge in [-0.3, -0.25) is 0 Å². The summed E-state index contributed by atoms with van der Waals surface area (Å²) in [7, 11) is 0. The molecule has 124 valence electrons. The van der Waals surface area contributed by atoms with E-state index in [1.54, 1.807) is 23.9 Å². The highest BCUT2D eigenvalue weighted by atomic mass is 32.1. The maximum absolute atomic E-state index is 5.81. The van der Waals surface area contributed by atoms with E-state index in [0.29, 0.717) is 11.8 Å². The van der Waals surface area contributed by atoms with E-state index in [2.05, 4.69) is 32.2 Å². The minimum Gasteiger partial charge on any atom is -0.477 e. The first-order valence-electron chi connectivity index (χ1n) is 8.29. The highest BCUT2D eigenvalue weighted by Gasteiger charge is 2.23. The van der Waals surface area contributed by atoms with Gasteiger partial charge in [-0.2, -0.15) is 0 Å². The summed E-state index contributed by atoms with van der Waals surface area (Å²) in [6, 6.07) is 5.76. The van der Waals surface area contributed by atoms with Crippen molar-refractivity contribution < 1.29 is 4.74 Å². The first-order valence-corrected chi connectivity index (χ1v) is 9.17. The maximum Gasteiger partial charge on any atom is 0.213 e. The summed E-state index contributed by atoms with van der Waals surface area (Å²) in [4.78, 5) is 15.6. The van der Waals surface area contributed by atoms with E-state index < -0.39 is 0 Å². The van der Waals surface area contributed by atoms with Crippen LogP contribution in [0.25, 0.3) is 10.2 Å². The van der Waals surface area contributed by atoms with Gasteiger partial charge in [0.15, 0.2) is 0 Å². The topological polar surface area (TPSA) is 51.1 Å². The van der Waals surface area contributed by atoms with Crippen LogP contribution in [0.1, 0.15) is 18.4 Å². The number of ether oxygens (including phenoxy) is 1. The van der Waals surface area contributed by atoms with E-state index in [0.717, 1.165) is 43.9 Å². The SMILES string of the molecule is Cc1csc2c(N3CCC(COc4ccccn4)CC3)ncnc12. The van der Waals surface area contributed by atoms with Crippen molar-refractivity contribution in [1.82, 2.24) is 15.0 Å². The molecule has 3 aromatic rings. The molecule has 0 amide bonds. The van der Waals surface area contributed by atoms with Gasteiger partial charge in [0, 0.05) is 25.4 Å². The lowest BCUT2D eigenvalue weighted by molar-refractivity contribution is 0.216. The van der Waals surface area contributed by atoms with Gasteiger partial charge >= 0.3 is 0 Å². The molecule has 0 aromatic carbocycles. The number of fused-ring (bicyclic) bond motifs is 1. The molecule has 3 aromatic heterocycles. The molecule has 0 saturated carbocycles. The monoisotopic (exact) mass is 340 g/mol. The van der Waals surface area contributed by atoms with Crippen molar-refractivity contribution in [2.75, 3.05) is 24.6 Å². The molecule has 0 aliphatic carbocycles. The zero-order valence-electron chi connectivity index (χ0n) is 13.7. The van der Waals surface area contributed by atoms with Crippen LogP contribution in [0.4, 0.5) is 5.82 Å². The molecule has 0 unspecified atom stereocenters. The Hall–Kier alpha value is -2.21. The summed E-state index contributed by atoms with van der Waals surface area (Å²) in [6.45, 7) is 4.87. The van der Waals surface area contributed by atoms with Crippen molar-refractivity contribution in [3.8, 4) is 5.88 Å². The van der Waals surface area contributed by atoms with Gasteiger partial charge in [-0.05, 0) is 42.7 Å². The van der Waals surface area contributed by atoms with Crippen molar-refractivity contribution in [2.45, 2.75) is 19.8 Å². The van der Waals surface area contributed by atoms with Crippen LogP contribution < -0.4 is 9.64 Å². The Balaban J connectivity index is 1.39. The third-order valence-corrected chi connectivity index (χ3v) is 5.61. The molecule has 6 heteroatoms. The molecule has 5 nitrogen and oxygen atoms in total. The van der Waals surface area contributed by atoms with Crippen molar-refractivity contribution in [3.63, 3.8) is 0 Å². The Morgan fingerprint density at radius 3 is 2.88 bits per heavy atom. The second-order valence-electron chi connectivity index (χ2n) is 6.20. The van der Waals surface area contributed by atoms with Crippen molar-refractivity contribution in [3.05, 3.63) is 41.7 Å². The predicted octanol–water partition coefficient (Wildman–Crippen LogP) is 3.69. The van der Waals surface area contributed by atoms with Crippen LogP contribution in [0.3, 0.4) is 0 Å². The number of hydrogen-bond donors (Lipinski definition) is 0. The van der Waals surface area contributed by atoms with Crippen molar-refractivity contribution in [2.24, 2.45) is 5.92 Å². The van der Waals surface area contributed by atoms with Gasteiger partial charge in [0.2, 0.25) is 5.88 Å². The van der Waals surface area contributed by atoms with Crippen LogP contribution in [0.15, 0.2) is 36.1 Å². The molecular weight excluding hydrogens is 320 g/mol. The van der Waals surface area contributed by atoms with Gasteiger partial charge in [-0.15, -0.1) is 11.3 Å². The zero-order chi connectivity index (χ0) is 16.4. The number of aromatic nitrogens is 3. The first-order chi connectivity index (χ1) is 11.8. The Morgan fingerprint density at radius 2 is 2.08 bits per heavy atom. The highest BCUT2D eigenvalue weighted by molar-refractivity contribution is 7.18. The fourth-order valence-electron chi connectivity index (χ4n) is 3.13. The Bertz CT molecular complexity index is 812. The molecule has 1 aliphatic rings. The average Bonchev–Trinajstić information content (AvgIpc) is 3.03. The third kappa shape index (κ3) is 3.06. The van der Waals surface area contributed by atoms with Crippen LogP contribution in [0, 0.1) is 12.8 Å². The van der Waals surface area contributed by atoms with Crippen LogP contribution in [0.5, 0.6) is 5.88 Å². The molecular formula is C18H20N4OS. The molecule has 0 N–H and O–H groups in total. The second-order valence-corrected chi connectivity index (χ2v) is 7.08. The lowest BCUT2D eigenvalue weighted by atomic mass is 9.98. The molecule has 0 bridgehead atoms. The molecule has 24 heavy (non-hydrogen) atoms. The molecule has 0 radical (unpaired) electrons. The highest BCUT2D eigenvalue weighted by Crippen LogP contribution is 2.32. The van der Waals surface area contributed by atoms with E-state index in [-0.39, 0.29) is 0 Å². The molecule has 0 atom stereocenters. The van der Waals surface area contributed by atoms with E-state index in [1.165, 1.54) is 10.3 Å². The second kappa shape index (κ2) is 6.73. The summed E-state index contributed by atoms with van der Waals surface area (Å²) in [5, 5.41) is 2.16. The van der Waals surface area contributed by atoms with Crippen molar-refractivity contribution in [1.29, 1.82) is 0 Å². The lowest BCUT2D eigenvalue weighted by Gasteiger charge is -2.32. The summed E-state index contributed by atoms with van der Waals surface area (Å²) >= 11 is 1.74. The number of hydrogen-bond acceptors (Lipinski definition) is 6.